The quantitative estimate of drug-likeness (QED) is 0.310. The van der Waals surface area contributed by atoms with Crippen LogP contribution in [-0.2, 0) is 18.8 Å². The molecule has 202 valence electrons. The van der Waals surface area contributed by atoms with Gasteiger partial charge in [0.25, 0.3) is 14.1 Å². The molecule has 3 N–H and O–H groups in total. The number of ether oxygens (including phenoxy) is 2. The first-order valence-electron chi connectivity index (χ1n) is 12.0. The molecule has 14 heteroatoms. The van der Waals surface area contributed by atoms with Gasteiger partial charge in [-0.25, -0.2) is 9.99 Å². The molecule has 3 heterocycles. The average Bonchev–Trinajstić information content (AvgIpc) is 3.34. The van der Waals surface area contributed by atoms with Crippen molar-refractivity contribution in [2.24, 2.45) is 5.92 Å². The molecule has 0 aliphatic carbocycles. The molecule has 1 aliphatic rings. The van der Waals surface area contributed by atoms with Crippen molar-refractivity contribution >= 4 is 31.5 Å². The van der Waals surface area contributed by atoms with Crippen molar-refractivity contribution in [1.82, 2.24) is 29.3 Å². The van der Waals surface area contributed by atoms with E-state index in [9.17, 15) is 14.5 Å². The fourth-order valence-electron chi connectivity index (χ4n) is 4.39. The summed E-state index contributed by atoms with van der Waals surface area (Å²) in [4.78, 5) is 46.8. The molecular weight excluding hydrogens is 489 g/mol. The first-order chi connectivity index (χ1) is 16.9. The number of carbonyl (C=O) groups excluding carboxylic acids is 1. The number of hydrazine groups is 1. The van der Waals surface area contributed by atoms with Crippen LogP contribution in [0.1, 0.15) is 54.7 Å². The molecule has 0 aromatic carbocycles. The molecule has 2 aromatic heterocycles. The number of rotatable bonds is 10. The molecule has 0 bridgehead atoms. The topological polar surface area (TPSA) is 147 Å². The first kappa shape index (κ1) is 28.6. The van der Waals surface area contributed by atoms with E-state index >= 15 is 0 Å². The van der Waals surface area contributed by atoms with Gasteiger partial charge in [0, 0.05) is 32.2 Å². The summed E-state index contributed by atoms with van der Waals surface area (Å²) in [6, 6.07) is 0.316. The fraction of sp³-hybridized carbons (Fsp3) is 0.727. The van der Waals surface area contributed by atoms with Gasteiger partial charge in [0.1, 0.15) is 12.2 Å². The highest BCUT2D eigenvalue weighted by atomic mass is 31.2. The molecule has 2 aromatic rings. The monoisotopic (exact) mass is 527 g/mol. The minimum atomic E-state index is -2.00. The third-order valence-electron chi connectivity index (χ3n) is 6.02. The van der Waals surface area contributed by atoms with E-state index < -0.39 is 38.6 Å². The van der Waals surface area contributed by atoms with Crippen molar-refractivity contribution < 1.29 is 23.7 Å². The molecule has 0 radical (unpaired) electrons. The number of hydrogen-bond acceptors (Lipinski definition) is 10. The van der Waals surface area contributed by atoms with E-state index in [0.717, 1.165) is 0 Å². The molecule has 0 saturated carbocycles. The number of amides is 1. The molecule has 1 saturated heterocycles. The van der Waals surface area contributed by atoms with Gasteiger partial charge in [-0.1, -0.05) is 13.8 Å². The Kier molecular flexibility index (Phi) is 9.20. The summed E-state index contributed by atoms with van der Waals surface area (Å²) in [7, 11) is 1.32. The molecule has 3 rings (SSSR count). The zero-order valence-corrected chi connectivity index (χ0v) is 23.2. The van der Waals surface area contributed by atoms with Crippen molar-refractivity contribution in [2.45, 2.75) is 85.1 Å². The van der Waals surface area contributed by atoms with Crippen LogP contribution in [0.4, 0.5) is 5.95 Å². The fourth-order valence-corrected chi connectivity index (χ4v) is 5.62. The second kappa shape index (κ2) is 11.6. The van der Waals surface area contributed by atoms with E-state index in [1.807, 2.05) is 39.6 Å². The van der Waals surface area contributed by atoms with Crippen LogP contribution in [0.3, 0.4) is 0 Å². The Morgan fingerprint density at radius 3 is 2.44 bits per heavy atom. The molecule has 1 fully saturated rings. The van der Waals surface area contributed by atoms with E-state index in [-0.39, 0.29) is 41.0 Å². The number of imidazole rings is 1. The third kappa shape index (κ3) is 5.77. The molecule has 13 nitrogen and oxygen atoms in total. The molecule has 0 spiro atoms. The number of H-pyrrole nitrogens is 1. The number of aromatic nitrogens is 4. The number of fused-ring (bicyclic) bond motifs is 1. The summed E-state index contributed by atoms with van der Waals surface area (Å²) < 4.78 is 21.3. The summed E-state index contributed by atoms with van der Waals surface area (Å²) in [5, 5.41) is 4.65. The minimum absolute atomic E-state index is 0.0173. The Bertz CT molecular complexity index is 1100. The maximum atomic E-state index is 12.6. The summed E-state index contributed by atoms with van der Waals surface area (Å²) in [6.07, 6.45) is -0.983. The Hall–Kier alpha value is -1.99. The van der Waals surface area contributed by atoms with Gasteiger partial charge in [0.15, 0.2) is 17.4 Å². The van der Waals surface area contributed by atoms with E-state index in [1.54, 1.807) is 30.2 Å². The highest BCUT2D eigenvalue weighted by Crippen LogP contribution is 2.45. The van der Waals surface area contributed by atoms with Crippen LogP contribution >= 0.6 is 8.53 Å². The lowest BCUT2D eigenvalue weighted by Gasteiger charge is -2.40. The molecule has 1 aliphatic heterocycles. The van der Waals surface area contributed by atoms with E-state index in [1.165, 1.54) is 13.4 Å². The van der Waals surface area contributed by atoms with Crippen molar-refractivity contribution in [3.63, 3.8) is 0 Å². The smallest absolute Gasteiger partial charge is 0.280 e. The van der Waals surface area contributed by atoms with Crippen LogP contribution in [0.15, 0.2) is 11.1 Å². The van der Waals surface area contributed by atoms with Crippen molar-refractivity contribution in [3.05, 3.63) is 16.7 Å². The normalized spacial score (nSPS) is 23.6. The minimum Gasteiger partial charge on any atom is -0.374 e. The summed E-state index contributed by atoms with van der Waals surface area (Å²) in [5.74, 6) is -0.557. The van der Waals surface area contributed by atoms with E-state index in [0.29, 0.717) is 0 Å². The number of methoxy groups -OCH3 is 1. The number of anilines is 1. The number of carbonyl (C=O) groups is 1. The molecule has 36 heavy (non-hydrogen) atoms. The highest BCUT2D eigenvalue weighted by Gasteiger charge is 2.47. The van der Waals surface area contributed by atoms with Gasteiger partial charge in [-0.3, -0.25) is 24.5 Å². The lowest BCUT2D eigenvalue weighted by Crippen LogP contribution is -2.47. The van der Waals surface area contributed by atoms with E-state index in [4.69, 9.17) is 14.0 Å². The zero-order chi connectivity index (χ0) is 26.9. The number of aromatic amines is 1. The van der Waals surface area contributed by atoms with Crippen molar-refractivity contribution in [1.29, 1.82) is 0 Å². The Morgan fingerprint density at radius 2 is 1.89 bits per heavy atom. The van der Waals surface area contributed by atoms with Crippen LogP contribution in [0.25, 0.3) is 11.2 Å². The summed E-state index contributed by atoms with van der Waals surface area (Å²) in [5.41, 5.74) is -0.165. The lowest BCUT2D eigenvalue weighted by molar-refractivity contribution is -0.118. The van der Waals surface area contributed by atoms with Gasteiger partial charge in [0.2, 0.25) is 11.9 Å². The molecule has 5 atom stereocenters. The van der Waals surface area contributed by atoms with Gasteiger partial charge in [-0.05, 0) is 34.6 Å². The number of hydrogen-bond donors (Lipinski definition) is 3. The third-order valence-corrected chi connectivity index (χ3v) is 7.16. The largest absolute Gasteiger partial charge is 0.374 e. The van der Waals surface area contributed by atoms with Crippen LogP contribution in [-0.4, -0.2) is 84.7 Å². The zero-order valence-electron chi connectivity index (χ0n) is 22.3. The van der Waals surface area contributed by atoms with Crippen molar-refractivity contribution in [3.8, 4) is 0 Å². The maximum Gasteiger partial charge on any atom is 0.280 e. The average molecular weight is 528 g/mol. The predicted molar refractivity (Wildman–Crippen MR) is 136 cm³/mol. The molecular formula is C22H38N7O6P. The Balaban J connectivity index is 1.89. The van der Waals surface area contributed by atoms with Crippen LogP contribution in [0, 0.1) is 5.92 Å². The highest BCUT2D eigenvalue weighted by molar-refractivity contribution is 7.43. The SMILES string of the molecule is CO[C@@H]1[C@H](OP(O)N(C)N(C(C)C)C(C)C)[C@@H](C)O[C@H]1n1cnc2c(=O)[nH]c(NC(=O)C(C)C)nc21. The molecule has 1 amide bonds. The summed E-state index contributed by atoms with van der Waals surface area (Å²) in [6.45, 7) is 13.5. The number of nitrogens with one attached hydrogen (secondary N) is 2. The molecule has 1 unspecified atom stereocenters. The van der Waals surface area contributed by atoms with Gasteiger partial charge < -0.3 is 18.9 Å². The second-order valence-electron chi connectivity index (χ2n) is 9.69. The standard InChI is InChI=1S/C22H38N7O6P/c1-11(2)19(30)25-22-24-18-15(20(31)26-22)23-10-28(18)21-17(33-9)16(14(7)34-21)35-36(32)27(8)29(12(3)4)13(5)6/h10-14,16-17,21,32H,1-9H3,(H2,24,25,26,30,31)/t14-,16-,17-,21-,36?/m1/s1. The predicted octanol–water partition coefficient (Wildman–Crippen LogP) is 2.22. The van der Waals surface area contributed by atoms with Crippen LogP contribution < -0.4 is 10.9 Å². The van der Waals surface area contributed by atoms with E-state index in [2.05, 4.69) is 20.3 Å². The van der Waals surface area contributed by atoms with Crippen LogP contribution in [0.2, 0.25) is 0 Å². The van der Waals surface area contributed by atoms with Gasteiger partial charge in [-0.2, -0.15) is 9.76 Å². The van der Waals surface area contributed by atoms with Gasteiger partial charge in [-0.15, -0.1) is 0 Å². The lowest BCUT2D eigenvalue weighted by atomic mass is 10.1. The maximum absolute atomic E-state index is 12.6. The first-order valence-corrected chi connectivity index (χ1v) is 13.2. The van der Waals surface area contributed by atoms with Gasteiger partial charge in [0.05, 0.1) is 12.4 Å². The Morgan fingerprint density at radius 1 is 1.25 bits per heavy atom. The summed E-state index contributed by atoms with van der Waals surface area (Å²) >= 11 is 0. The second-order valence-corrected chi connectivity index (χ2v) is 11.0. The Labute approximate surface area is 212 Å². The van der Waals surface area contributed by atoms with Crippen LogP contribution in [0.5, 0.6) is 0 Å². The van der Waals surface area contributed by atoms with Crippen molar-refractivity contribution in [2.75, 3.05) is 19.5 Å². The number of nitrogens with zero attached hydrogens (tertiary/aromatic N) is 5. The van der Waals surface area contributed by atoms with Gasteiger partial charge >= 0.3 is 0 Å².